The Labute approximate surface area is 130 Å². The third-order valence-electron chi connectivity index (χ3n) is 2.79. The number of carbonyl (C=O) groups excluding carboxylic acids is 1. The normalized spacial score (nSPS) is 10.7. The first kappa shape index (κ1) is 16.0. The van der Waals surface area contributed by atoms with Crippen LogP contribution in [0.15, 0.2) is 54.2 Å². The van der Waals surface area contributed by atoms with E-state index in [-0.39, 0.29) is 11.4 Å². The van der Waals surface area contributed by atoms with Crippen molar-refractivity contribution in [2.24, 2.45) is 0 Å². The molecule has 0 radical (unpaired) electrons. The fraction of sp³-hybridized carbons (Fsp3) is 0. The van der Waals surface area contributed by atoms with E-state index in [2.05, 4.69) is 10.6 Å². The Kier molecular flexibility index (Phi) is 4.89. The molecular formula is C16H11F2N3O2. The Hall–Kier alpha value is -3.40. The first-order chi connectivity index (χ1) is 11.0. The molecular weight excluding hydrogens is 304 g/mol. The standard InChI is InChI=1S/C16H11F2N3O2/c17-13-5-2-6-14(18)15(13)20-9-10(8-19)16(23)21-11-3-1-4-12(22)7-11/h1-7,9,20,22H,(H,21,23)/b10-9-. The van der Waals surface area contributed by atoms with E-state index in [0.29, 0.717) is 0 Å². The first-order valence-corrected chi connectivity index (χ1v) is 6.42. The number of phenolic OH excluding ortho intramolecular Hbond substituents is 1. The van der Waals surface area contributed by atoms with Gasteiger partial charge in [-0.2, -0.15) is 5.26 Å². The van der Waals surface area contributed by atoms with Crippen LogP contribution in [0.3, 0.4) is 0 Å². The number of anilines is 2. The lowest BCUT2D eigenvalue weighted by molar-refractivity contribution is -0.112. The lowest BCUT2D eigenvalue weighted by Gasteiger charge is -2.06. The number of hydrogen-bond acceptors (Lipinski definition) is 4. The molecule has 0 unspecified atom stereocenters. The zero-order valence-corrected chi connectivity index (χ0v) is 11.7. The van der Waals surface area contributed by atoms with Gasteiger partial charge in [0.15, 0.2) is 0 Å². The smallest absolute Gasteiger partial charge is 0.267 e. The van der Waals surface area contributed by atoms with Crippen molar-refractivity contribution in [3.63, 3.8) is 0 Å². The number of amides is 1. The van der Waals surface area contributed by atoms with Crippen molar-refractivity contribution in [2.45, 2.75) is 0 Å². The van der Waals surface area contributed by atoms with E-state index in [4.69, 9.17) is 5.26 Å². The minimum atomic E-state index is -0.855. The number of halogens is 2. The molecule has 0 saturated carbocycles. The average molecular weight is 315 g/mol. The SMILES string of the molecule is N#C/C(=C/Nc1c(F)cccc1F)C(=O)Nc1cccc(O)c1. The van der Waals surface area contributed by atoms with Crippen LogP contribution in [0, 0.1) is 23.0 Å². The molecule has 7 heteroatoms. The highest BCUT2D eigenvalue weighted by Gasteiger charge is 2.11. The van der Waals surface area contributed by atoms with Gasteiger partial charge >= 0.3 is 0 Å². The Balaban J connectivity index is 2.16. The van der Waals surface area contributed by atoms with Crippen LogP contribution in [0.4, 0.5) is 20.2 Å². The van der Waals surface area contributed by atoms with Crippen LogP contribution in [0.25, 0.3) is 0 Å². The fourth-order valence-electron chi connectivity index (χ4n) is 1.71. The van der Waals surface area contributed by atoms with Gasteiger partial charge in [0.1, 0.15) is 34.7 Å². The molecule has 23 heavy (non-hydrogen) atoms. The molecule has 0 spiro atoms. The summed E-state index contributed by atoms with van der Waals surface area (Å²) in [5.41, 5.74) is -0.588. The first-order valence-electron chi connectivity index (χ1n) is 6.42. The number of aromatic hydroxyl groups is 1. The van der Waals surface area contributed by atoms with Gasteiger partial charge in [0.25, 0.3) is 5.91 Å². The number of benzene rings is 2. The van der Waals surface area contributed by atoms with Gasteiger partial charge in [-0.3, -0.25) is 4.79 Å². The van der Waals surface area contributed by atoms with Crippen LogP contribution < -0.4 is 10.6 Å². The molecule has 0 saturated heterocycles. The summed E-state index contributed by atoms with van der Waals surface area (Å²) in [6, 6.07) is 10.6. The van der Waals surface area contributed by atoms with Crippen molar-refractivity contribution in [2.75, 3.05) is 10.6 Å². The molecule has 1 amide bonds. The molecule has 2 aromatic rings. The zero-order chi connectivity index (χ0) is 16.8. The maximum atomic E-state index is 13.5. The van der Waals surface area contributed by atoms with E-state index in [0.717, 1.165) is 18.3 Å². The molecule has 0 aromatic heterocycles. The summed E-state index contributed by atoms with van der Waals surface area (Å²) in [6.45, 7) is 0. The van der Waals surface area contributed by atoms with Gasteiger partial charge in [-0.05, 0) is 24.3 Å². The number of nitrogens with zero attached hydrogens (tertiary/aromatic N) is 1. The number of hydrogen-bond donors (Lipinski definition) is 3. The summed E-state index contributed by atoms with van der Waals surface area (Å²) in [5, 5.41) is 22.9. The van der Waals surface area contributed by atoms with E-state index in [1.807, 2.05) is 0 Å². The number of rotatable bonds is 4. The van der Waals surface area contributed by atoms with E-state index >= 15 is 0 Å². The zero-order valence-electron chi connectivity index (χ0n) is 11.7. The Morgan fingerprint density at radius 2 is 1.83 bits per heavy atom. The summed E-state index contributed by atoms with van der Waals surface area (Å²) in [6.07, 6.45) is 0.902. The predicted octanol–water partition coefficient (Wildman–Crippen LogP) is 3.13. The summed E-state index contributed by atoms with van der Waals surface area (Å²) in [7, 11) is 0. The van der Waals surface area contributed by atoms with Crippen molar-refractivity contribution in [3.05, 3.63) is 65.9 Å². The second-order valence-corrected chi connectivity index (χ2v) is 4.42. The van der Waals surface area contributed by atoms with E-state index < -0.39 is 28.8 Å². The molecule has 116 valence electrons. The molecule has 0 aliphatic rings. The lowest BCUT2D eigenvalue weighted by Crippen LogP contribution is -2.14. The number of nitrogens with one attached hydrogen (secondary N) is 2. The highest BCUT2D eigenvalue weighted by Crippen LogP contribution is 2.19. The molecule has 5 nitrogen and oxygen atoms in total. The Morgan fingerprint density at radius 1 is 1.17 bits per heavy atom. The maximum absolute atomic E-state index is 13.5. The number of phenols is 1. The molecule has 0 fully saturated rings. The van der Waals surface area contributed by atoms with E-state index in [1.165, 1.54) is 30.3 Å². The van der Waals surface area contributed by atoms with Crippen LogP contribution in [-0.4, -0.2) is 11.0 Å². The molecule has 0 bridgehead atoms. The minimum absolute atomic E-state index is 0.0585. The molecule has 0 heterocycles. The highest BCUT2D eigenvalue weighted by molar-refractivity contribution is 6.06. The second-order valence-electron chi connectivity index (χ2n) is 4.42. The highest BCUT2D eigenvalue weighted by atomic mass is 19.1. The summed E-state index contributed by atoms with van der Waals surface area (Å²) < 4.78 is 26.9. The number of para-hydroxylation sites is 1. The van der Waals surface area contributed by atoms with Crippen molar-refractivity contribution in [1.82, 2.24) is 0 Å². The predicted molar refractivity (Wildman–Crippen MR) is 80.4 cm³/mol. The van der Waals surface area contributed by atoms with Gasteiger partial charge in [-0.1, -0.05) is 12.1 Å². The van der Waals surface area contributed by atoms with Crippen molar-refractivity contribution < 1.29 is 18.7 Å². The Morgan fingerprint density at radius 3 is 2.43 bits per heavy atom. The number of nitriles is 1. The van der Waals surface area contributed by atoms with E-state index in [9.17, 15) is 18.7 Å². The monoisotopic (exact) mass is 315 g/mol. The second kappa shape index (κ2) is 7.04. The summed E-state index contributed by atoms with van der Waals surface area (Å²) >= 11 is 0. The summed E-state index contributed by atoms with van der Waals surface area (Å²) in [5.74, 6) is -2.56. The molecule has 3 N–H and O–H groups in total. The molecule has 0 aliphatic carbocycles. The van der Waals surface area contributed by atoms with Gasteiger partial charge in [0, 0.05) is 18.0 Å². The quantitative estimate of drug-likeness (QED) is 0.598. The van der Waals surface area contributed by atoms with Gasteiger partial charge in [-0.15, -0.1) is 0 Å². The third kappa shape index (κ3) is 4.04. The maximum Gasteiger partial charge on any atom is 0.267 e. The summed E-state index contributed by atoms with van der Waals surface area (Å²) in [4.78, 5) is 11.9. The molecule has 0 aliphatic heterocycles. The average Bonchev–Trinajstić information content (AvgIpc) is 2.50. The minimum Gasteiger partial charge on any atom is -0.508 e. The van der Waals surface area contributed by atoms with Crippen LogP contribution in [0.2, 0.25) is 0 Å². The van der Waals surface area contributed by atoms with Gasteiger partial charge in [0.05, 0.1) is 0 Å². The van der Waals surface area contributed by atoms with Crippen LogP contribution in [0.5, 0.6) is 5.75 Å². The van der Waals surface area contributed by atoms with Crippen molar-refractivity contribution in [1.29, 1.82) is 5.26 Å². The third-order valence-corrected chi connectivity index (χ3v) is 2.79. The largest absolute Gasteiger partial charge is 0.508 e. The molecule has 0 atom stereocenters. The van der Waals surface area contributed by atoms with Gasteiger partial charge in [-0.25, -0.2) is 8.78 Å². The van der Waals surface area contributed by atoms with Crippen molar-refractivity contribution >= 4 is 17.3 Å². The van der Waals surface area contributed by atoms with Gasteiger partial charge in [0.2, 0.25) is 0 Å². The molecule has 2 rings (SSSR count). The van der Waals surface area contributed by atoms with Gasteiger partial charge < -0.3 is 15.7 Å². The topological polar surface area (TPSA) is 85.2 Å². The number of carbonyl (C=O) groups is 1. The van der Waals surface area contributed by atoms with Crippen LogP contribution >= 0.6 is 0 Å². The molecule has 2 aromatic carbocycles. The lowest BCUT2D eigenvalue weighted by atomic mass is 10.2. The fourth-order valence-corrected chi connectivity index (χ4v) is 1.71. The van der Waals surface area contributed by atoms with Crippen molar-refractivity contribution in [3.8, 4) is 11.8 Å². The van der Waals surface area contributed by atoms with Crippen LogP contribution in [0.1, 0.15) is 0 Å². The van der Waals surface area contributed by atoms with E-state index in [1.54, 1.807) is 6.07 Å². The Bertz CT molecular complexity index is 793. The van der Waals surface area contributed by atoms with Crippen LogP contribution in [-0.2, 0) is 4.79 Å².